The summed E-state index contributed by atoms with van der Waals surface area (Å²) in [5.41, 5.74) is 1.86. The van der Waals surface area contributed by atoms with Crippen molar-refractivity contribution in [3.63, 3.8) is 0 Å². The first-order valence-electron chi connectivity index (χ1n) is 9.72. The molecule has 4 rings (SSSR count). The van der Waals surface area contributed by atoms with Gasteiger partial charge in [0.2, 0.25) is 0 Å². The number of benzene rings is 1. The zero-order valence-corrected chi connectivity index (χ0v) is 16.5. The molecule has 4 nitrogen and oxygen atoms in total. The average Bonchev–Trinajstić information content (AvgIpc) is 3.06. The third kappa shape index (κ3) is 2.80. The first kappa shape index (κ1) is 17.4. The second-order valence-corrected chi connectivity index (χ2v) is 9.56. The van der Waals surface area contributed by atoms with Crippen LogP contribution in [0.2, 0.25) is 0 Å². The quantitative estimate of drug-likeness (QED) is 0.735. The molecule has 0 saturated heterocycles. The maximum atomic E-state index is 10.9. The van der Waals surface area contributed by atoms with Gasteiger partial charge in [-0.2, -0.15) is 0 Å². The first-order chi connectivity index (χ1) is 12.2. The Morgan fingerprint density at radius 2 is 2.00 bits per heavy atom. The molecule has 0 amide bonds. The van der Waals surface area contributed by atoms with E-state index in [1.54, 1.807) is 0 Å². The largest absolute Gasteiger partial charge is 0.508 e. The topological polar surface area (TPSA) is 58.1 Å². The molecule has 1 fully saturated rings. The SMILES string of the molecule is CC(C)(C)c1cc(O)c2c(c1)OC(C)(C)C1CCC(c3ncc[nH]3)CC21. The lowest BCUT2D eigenvalue weighted by Gasteiger charge is -2.49. The summed E-state index contributed by atoms with van der Waals surface area (Å²) in [6.07, 6.45) is 6.92. The monoisotopic (exact) mass is 354 g/mol. The number of fused-ring (bicyclic) bond motifs is 3. The predicted molar refractivity (Wildman–Crippen MR) is 103 cm³/mol. The molecule has 0 radical (unpaired) electrons. The van der Waals surface area contributed by atoms with E-state index in [2.05, 4.69) is 50.7 Å². The van der Waals surface area contributed by atoms with Gasteiger partial charge >= 0.3 is 0 Å². The molecule has 3 unspecified atom stereocenters. The van der Waals surface area contributed by atoms with E-state index in [9.17, 15) is 5.11 Å². The predicted octanol–water partition coefficient (Wildman–Crippen LogP) is 5.25. The summed E-state index contributed by atoms with van der Waals surface area (Å²) >= 11 is 0. The molecule has 1 saturated carbocycles. The molecule has 2 aliphatic rings. The molecule has 3 atom stereocenters. The van der Waals surface area contributed by atoms with Gasteiger partial charge in [-0.1, -0.05) is 20.8 Å². The molecular weight excluding hydrogens is 324 g/mol. The van der Waals surface area contributed by atoms with Crippen LogP contribution < -0.4 is 4.74 Å². The van der Waals surface area contributed by atoms with Crippen molar-refractivity contribution in [2.75, 3.05) is 0 Å². The smallest absolute Gasteiger partial charge is 0.127 e. The van der Waals surface area contributed by atoms with Gasteiger partial charge in [0.1, 0.15) is 22.9 Å². The van der Waals surface area contributed by atoms with Crippen molar-refractivity contribution >= 4 is 0 Å². The van der Waals surface area contributed by atoms with E-state index in [-0.39, 0.29) is 11.0 Å². The first-order valence-corrected chi connectivity index (χ1v) is 9.72. The van der Waals surface area contributed by atoms with Crippen LogP contribution in [-0.2, 0) is 5.41 Å². The highest BCUT2D eigenvalue weighted by Gasteiger charge is 2.48. The normalized spacial score (nSPS) is 27.3. The van der Waals surface area contributed by atoms with Crippen molar-refractivity contribution in [2.45, 2.75) is 76.7 Å². The molecule has 1 aliphatic heterocycles. The number of H-pyrrole nitrogens is 1. The van der Waals surface area contributed by atoms with Gasteiger partial charge in [0, 0.05) is 29.8 Å². The van der Waals surface area contributed by atoms with Gasteiger partial charge in [0.05, 0.1) is 0 Å². The summed E-state index contributed by atoms with van der Waals surface area (Å²) < 4.78 is 6.45. The van der Waals surface area contributed by atoms with Crippen molar-refractivity contribution in [2.24, 2.45) is 5.92 Å². The van der Waals surface area contributed by atoms with E-state index >= 15 is 0 Å². The summed E-state index contributed by atoms with van der Waals surface area (Å²) in [6, 6.07) is 4.08. The van der Waals surface area contributed by atoms with Crippen LogP contribution >= 0.6 is 0 Å². The molecule has 140 valence electrons. The van der Waals surface area contributed by atoms with E-state index in [1.807, 2.05) is 18.5 Å². The Bertz CT molecular complexity index is 802. The minimum absolute atomic E-state index is 0.0276. The van der Waals surface area contributed by atoms with Gasteiger partial charge in [-0.25, -0.2) is 4.98 Å². The number of rotatable bonds is 1. The highest BCUT2D eigenvalue weighted by Crippen LogP contribution is 2.57. The maximum Gasteiger partial charge on any atom is 0.127 e. The molecule has 1 aromatic heterocycles. The highest BCUT2D eigenvalue weighted by atomic mass is 16.5. The average molecular weight is 354 g/mol. The van der Waals surface area contributed by atoms with Crippen LogP contribution in [-0.4, -0.2) is 20.7 Å². The maximum absolute atomic E-state index is 10.9. The Morgan fingerprint density at radius 1 is 1.23 bits per heavy atom. The van der Waals surface area contributed by atoms with Crippen molar-refractivity contribution in [1.82, 2.24) is 9.97 Å². The summed E-state index contributed by atoms with van der Waals surface area (Å²) in [5, 5.41) is 10.9. The number of imidazole rings is 1. The number of nitrogens with zero attached hydrogens (tertiary/aromatic N) is 1. The number of ether oxygens (including phenoxy) is 1. The summed E-state index contributed by atoms with van der Waals surface area (Å²) in [5.74, 6) is 3.44. The Morgan fingerprint density at radius 3 is 2.65 bits per heavy atom. The number of aromatic amines is 1. The number of aromatic hydroxyl groups is 1. The van der Waals surface area contributed by atoms with Crippen LogP contribution in [0.1, 0.15) is 82.7 Å². The second-order valence-electron chi connectivity index (χ2n) is 9.56. The lowest BCUT2D eigenvalue weighted by Crippen LogP contribution is -2.46. The van der Waals surface area contributed by atoms with Crippen LogP contribution in [0, 0.1) is 5.92 Å². The van der Waals surface area contributed by atoms with Crippen LogP contribution in [0.4, 0.5) is 0 Å². The number of nitrogens with one attached hydrogen (secondary N) is 1. The molecule has 2 N–H and O–H groups in total. The Hall–Kier alpha value is -1.97. The lowest BCUT2D eigenvalue weighted by atomic mass is 9.63. The van der Waals surface area contributed by atoms with E-state index in [0.717, 1.165) is 42.0 Å². The van der Waals surface area contributed by atoms with E-state index in [1.165, 1.54) is 0 Å². The van der Waals surface area contributed by atoms with Crippen molar-refractivity contribution in [3.8, 4) is 11.5 Å². The summed E-state index contributed by atoms with van der Waals surface area (Å²) in [7, 11) is 0. The van der Waals surface area contributed by atoms with Gasteiger partial charge in [0.25, 0.3) is 0 Å². The zero-order valence-electron chi connectivity index (χ0n) is 16.5. The minimum atomic E-state index is -0.227. The van der Waals surface area contributed by atoms with Gasteiger partial charge in [-0.3, -0.25) is 0 Å². The van der Waals surface area contributed by atoms with Crippen LogP contribution in [0.5, 0.6) is 11.5 Å². The van der Waals surface area contributed by atoms with E-state index in [4.69, 9.17) is 4.74 Å². The molecule has 1 aromatic carbocycles. The van der Waals surface area contributed by atoms with Crippen LogP contribution in [0.15, 0.2) is 24.5 Å². The number of aromatic nitrogens is 2. The van der Waals surface area contributed by atoms with E-state index in [0.29, 0.717) is 23.5 Å². The van der Waals surface area contributed by atoms with Crippen molar-refractivity contribution in [3.05, 3.63) is 41.5 Å². The van der Waals surface area contributed by atoms with Crippen molar-refractivity contribution < 1.29 is 9.84 Å². The number of phenols is 1. The third-order valence-electron chi connectivity index (χ3n) is 6.38. The Kier molecular flexibility index (Phi) is 3.87. The molecule has 2 aromatic rings. The van der Waals surface area contributed by atoms with Gasteiger partial charge in [-0.05, 0) is 62.1 Å². The molecule has 4 heteroatoms. The standard InChI is InChI=1S/C22H30N2O2/c1-21(2,3)14-11-17(25)19-15-10-13(20-23-8-9-24-20)6-7-16(15)22(4,5)26-18(19)12-14/h8-9,11-13,15-16,25H,6-7,10H2,1-5H3,(H,23,24). The molecule has 2 heterocycles. The van der Waals surface area contributed by atoms with E-state index < -0.39 is 0 Å². The van der Waals surface area contributed by atoms with Crippen molar-refractivity contribution in [1.29, 1.82) is 0 Å². The molecule has 0 bridgehead atoms. The lowest BCUT2D eigenvalue weighted by molar-refractivity contribution is -0.0109. The Balaban J connectivity index is 1.78. The molecule has 0 spiro atoms. The second kappa shape index (κ2) is 5.77. The number of phenolic OH excluding ortho intramolecular Hbond substituents is 1. The Labute approximate surface area is 156 Å². The summed E-state index contributed by atoms with van der Waals surface area (Å²) in [6.45, 7) is 10.9. The minimum Gasteiger partial charge on any atom is -0.508 e. The third-order valence-corrected chi connectivity index (χ3v) is 6.38. The summed E-state index contributed by atoms with van der Waals surface area (Å²) in [4.78, 5) is 7.78. The van der Waals surface area contributed by atoms with Crippen LogP contribution in [0.3, 0.4) is 0 Å². The molecular formula is C22H30N2O2. The van der Waals surface area contributed by atoms with Gasteiger partial charge < -0.3 is 14.8 Å². The number of hydrogen-bond acceptors (Lipinski definition) is 3. The fraction of sp³-hybridized carbons (Fsp3) is 0.591. The van der Waals surface area contributed by atoms with Crippen LogP contribution in [0.25, 0.3) is 0 Å². The zero-order chi connectivity index (χ0) is 18.7. The number of hydrogen-bond donors (Lipinski definition) is 2. The highest BCUT2D eigenvalue weighted by molar-refractivity contribution is 5.53. The fourth-order valence-electron chi connectivity index (χ4n) is 4.93. The van der Waals surface area contributed by atoms with Gasteiger partial charge in [0.15, 0.2) is 0 Å². The molecule has 26 heavy (non-hydrogen) atoms. The fourth-order valence-corrected chi connectivity index (χ4v) is 4.93. The van der Waals surface area contributed by atoms with Gasteiger partial charge in [-0.15, -0.1) is 0 Å². The molecule has 1 aliphatic carbocycles.